The van der Waals surface area contributed by atoms with Gasteiger partial charge in [0.15, 0.2) is 0 Å². The number of hydrogen-bond acceptors (Lipinski definition) is 4. The van der Waals surface area contributed by atoms with Crippen LogP contribution in [0.5, 0.6) is 0 Å². The van der Waals surface area contributed by atoms with Gasteiger partial charge in [0.1, 0.15) is 17.6 Å². The minimum atomic E-state index is -2.83. The molecule has 6 nitrogen and oxygen atoms in total. The van der Waals surface area contributed by atoms with Crippen molar-refractivity contribution in [2.75, 3.05) is 5.32 Å². The van der Waals surface area contributed by atoms with Crippen LogP contribution in [0.1, 0.15) is 73.7 Å². The maximum absolute atomic E-state index is 14.2. The van der Waals surface area contributed by atoms with Gasteiger partial charge >= 0.3 is 0 Å². The Morgan fingerprint density at radius 2 is 1.94 bits per heavy atom. The number of fused-ring (bicyclic) bond motifs is 1. The highest BCUT2D eigenvalue weighted by Gasteiger charge is 2.25. The van der Waals surface area contributed by atoms with Gasteiger partial charge in [0.25, 0.3) is 12.3 Å². The molecule has 0 radical (unpaired) electrons. The van der Waals surface area contributed by atoms with Crippen LogP contribution in [0.4, 0.5) is 18.9 Å². The lowest BCUT2D eigenvalue weighted by atomic mass is 9.87. The molecule has 174 valence electrons. The Morgan fingerprint density at radius 1 is 1.21 bits per heavy atom. The van der Waals surface area contributed by atoms with Crippen molar-refractivity contribution in [3.63, 3.8) is 0 Å². The summed E-state index contributed by atoms with van der Waals surface area (Å²) in [7, 11) is 0. The third-order valence-corrected chi connectivity index (χ3v) is 6.08. The van der Waals surface area contributed by atoms with E-state index in [2.05, 4.69) is 15.4 Å². The number of aromatic nitrogens is 3. The predicted octanol–water partition coefficient (Wildman–Crippen LogP) is 5.76. The van der Waals surface area contributed by atoms with Crippen LogP contribution < -0.4 is 5.32 Å². The Balaban J connectivity index is 1.62. The van der Waals surface area contributed by atoms with Crippen molar-refractivity contribution in [3.8, 4) is 0 Å². The topological polar surface area (TPSA) is 76.9 Å². The number of carbonyl (C=O) groups excluding carboxylic acids is 2. The van der Waals surface area contributed by atoms with E-state index >= 15 is 0 Å². The summed E-state index contributed by atoms with van der Waals surface area (Å²) in [5.74, 6) is -0.643. The minimum absolute atomic E-state index is 0.0431. The average Bonchev–Trinajstić information content (AvgIpc) is 3.21. The van der Waals surface area contributed by atoms with Crippen LogP contribution in [0.15, 0.2) is 36.5 Å². The molecule has 1 fully saturated rings. The molecule has 33 heavy (non-hydrogen) atoms. The molecule has 4 rings (SSSR count). The molecule has 0 unspecified atom stereocenters. The summed E-state index contributed by atoms with van der Waals surface area (Å²) >= 11 is 0. The first-order valence-electron chi connectivity index (χ1n) is 10.9. The van der Waals surface area contributed by atoms with Gasteiger partial charge < -0.3 is 10.1 Å². The Morgan fingerprint density at radius 3 is 2.58 bits per heavy atom. The van der Waals surface area contributed by atoms with Crippen molar-refractivity contribution >= 4 is 28.8 Å². The maximum Gasteiger partial charge on any atom is 0.274 e. The van der Waals surface area contributed by atoms with E-state index in [0.29, 0.717) is 10.9 Å². The SMILES string of the molecule is CC(C)(F)c1cccc(C(=O)Nc2cc3cn([C@H]4CC[C@H](C=O)CC4)nc3cc2C(F)F)n1. The summed E-state index contributed by atoms with van der Waals surface area (Å²) in [4.78, 5) is 27.8. The monoisotopic (exact) mass is 458 g/mol. The maximum atomic E-state index is 14.2. The van der Waals surface area contributed by atoms with Crippen molar-refractivity contribution < 1.29 is 22.8 Å². The highest BCUT2D eigenvalue weighted by Crippen LogP contribution is 2.35. The first-order chi connectivity index (χ1) is 15.7. The van der Waals surface area contributed by atoms with Gasteiger partial charge in [0.05, 0.1) is 22.9 Å². The summed E-state index contributed by atoms with van der Waals surface area (Å²) in [6.45, 7) is 2.64. The largest absolute Gasteiger partial charge is 0.320 e. The van der Waals surface area contributed by atoms with E-state index < -0.39 is 18.0 Å². The molecule has 0 spiro atoms. The average molecular weight is 458 g/mol. The number of rotatable bonds is 6. The first-order valence-corrected chi connectivity index (χ1v) is 10.9. The summed E-state index contributed by atoms with van der Waals surface area (Å²) < 4.78 is 43.6. The number of benzene rings is 1. The fourth-order valence-corrected chi connectivity index (χ4v) is 4.16. The smallest absolute Gasteiger partial charge is 0.274 e. The molecule has 0 saturated heterocycles. The number of aldehydes is 1. The van der Waals surface area contributed by atoms with Crippen molar-refractivity contribution in [2.24, 2.45) is 5.92 Å². The lowest BCUT2D eigenvalue weighted by Crippen LogP contribution is -2.19. The minimum Gasteiger partial charge on any atom is -0.320 e. The standard InChI is InChI=1S/C24H25F3N4O2/c1-24(2,27)21-5-3-4-18(28-21)23(33)29-20-10-15-12-31(16-8-6-14(13-32)7-9-16)30-19(15)11-17(20)22(25)26/h3-5,10-14,16,22H,6-9H2,1-2H3,(H,29,33)/t14-,16-. The zero-order valence-corrected chi connectivity index (χ0v) is 18.4. The van der Waals surface area contributed by atoms with Crippen LogP contribution >= 0.6 is 0 Å². The fraction of sp³-hybridized carbons (Fsp3) is 0.417. The molecule has 1 N–H and O–H groups in total. The van der Waals surface area contributed by atoms with E-state index in [1.807, 2.05) is 0 Å². The zero-order chi connectivity index (χ0) is 23.8. The van der Waals surface area contributed by atoms with Gasteiger partial charge in [-0.05, 0) is 63.8 Å². The number of pyridine rings is 1. The zero-order valence-electron chi connectivity index (χ0n) is 18.4. The summed E-state index contributed by atoms with van der Waals surface area (Å²) in [5, 5.41) is 7.59. The second kappa shape index (κ2) is 8.96. The molecule has 3 aromatic rings. The van der Waals surface area contributed by atoms with Gasteiger partial charge in [-0.25, -0.2) is 18.2 Å². The van der Waals surface area contributed by atoms with Gasteiger partial charge in [-0.15, -0.1) is 0 Å². The van der Waals surface area contributed by atoms with Crippen LogP contribution in [0.2, 0.25) is 0 Å². The molecule has 1 amide bonds. The second-order valence-electron chi connectivity index (χ2n) is 8.95. The van der Waals surface area contributed by atoms with Crippen LogP contribution in [-0.4, -0.2) is 27.0 Å². The van der Waals surface area contributed by atoms with Crippen LogP contribution in [0.3, 0.4) is 0 Å². The van der Waals surface area contributed by atoms with E-state index in [9.17, 15) is 22.8 Å². The Hall–Kier alpha value is -3.23. The van der Waals surface area contributed by atoms with Crippen molar-refractivity contribution in [1.82, 2.24) is 14.8 Å². The number of carbonyl (C=O) groups is 2. The van der Waals surface area contributed by atoms with E-state index in [4.69, 9.17) is 0 Å². The molecule has 1 aromatic carbocycles. The summed E-state index contributed by atoms with van der Waals surface area (Å²) in [6, 6.07) is 7.20. The summed E-state index contributed by atoms with van der Waals surface area (Å²) in [6.07, 6.45) is 3.05. The molecular weight excluding hydrogens is 433 g/mol. The van der Waals surface area contributed by atoms with E-state index in [1.54, 1.807) is 10.9 Å². The van der Waals surface area contributed by atoms with Crippen molar-refractivity contribution in [3.05, 3.63) is 53.5 Å². The third-order valence-electron chi connectivity index (χ3n) is 6.08. The number of alkyl halides is 3. The van der Waals surface area contributed by atoms with Crippen LogP contribution in [0.25, 0.3) is 10.9 Å². The van der Waals surface area contributed by atoms with Crippen LogP contribution in [0, 0.1) is 5.92 Å². The predicted molar refractivity (Wildman–Crippen MR) is 118 cm³/mol. The molecule has 2 aromatic heterocycles. The Labute approximate surface area is 189 Å². The quantitative estimate of drug-likeness (QED) is 0.477. The van der Waals surface area contributed by atoms with Crippen LogP contribution in [-0.2, 0) is 10.5 Å². The Bertz CT molecular complexity index is 1180. The van der Waals surface area contributed by atoms with Crippen molar-refractivity contribution in [2.45, 2.75) is 57.7 Å². The molecule has 1 aliphatic carbocycles. The van der Waals surface area contributed by atoms with E-state index in [1.165, 1.54) is 44.2 Å². The first kappa shape index (κ1) is 22.9. The third kappa shape index (κ3) is 4.91. The molecule has 0 aliphatic heterocycles. The van der Waals surface area contributed by atoms with Gasteiger partial charge in [0, 0.05) is 23.1 Å². The number of amides is 1. The fourth-order valence-electron chi connectivity index (χ4n) is 4.16. The van der Waals surface area contributed by atoms with E-state index in [0.717, 1.165) is 32.0 Å². The molecule has 1 aliphatic rings. The molecule has 9 heteroatoms. The number of nitrogens with one attached hydrogen (secondary N) is 1. The molecule has 2 heterocycles. The number of hydrogen-bond donors (Lipinski definition) is 1. The second-order valence-corrected chi connectivity index (χ2v) is 8.95. The molecular formula is C24H25F3N4O2. The highest BCUT2D eigenvalue weighted by molar-refractivity contribution is 6.04. The number of nitrogens with zero attached hydrogens (tertiary/aromatic N) is 3. The van der Waals surface area contributed by atoms with E-state index in [-0.39, 0.29) is 34.6 Å². The van der Waals surface area contributed by atoms with Gasteiger partial charge in [0.2, 0.25) is 0 Å². The highest BCUT2D eigenvalue weighted by atomic mass is 19.3. The van der Waals surface area contributed by atoms with Gasteiger partial charge in [-0.1, -0.05) is 6.07 Å². The Kier molecular flexibility index (Phi) is 6.23. The lowest BCUT2D eigenvalue weighted by Gasteiger charge is -2.25. The molecule has 0 bridgehead atoms. The number of anilines is 1. The summed E-state index contributed by atoms with van der Waals surface area (Å²) in [5.41, 5.74) is -1.74. The normalized spacial score (nSPS) is 19.1. The lowest BCUT2D eigenvalue weighted by molar-refractivity contribution is -0.112. The van der Waals surface area contributed by atoms with Gasteiger partial charge in [-0.3, -0.25) is 9.48 Å². The van der Waals surface area contributed by atoms with Gasteiger partial charge in [-0.2, -0.15) is 5.10 Å². The molecule has 0 atom stereocenters. The van der Waals surface area contributed by atoms with Crippen molar-refractivity contribution in [1.29, 1.82) is 0 Å². The number of halogens is 3. The molecule has 1 saturated carbocycles.